The first-order valence-corrected chi connectivity index (χ1v) is 7.60. The first-order valence-electron chi connectivity index (χ1n) is 7.60. The molecule has 0 spiro atoms. The molecule has 2 amide bonds. The maximum Gasteiger partial charge on any atom is 0.261 e. The lowest BCUT2D eigenvalue weighted by Gasteiger charge is -2.40. The van der Waals surface area contributed by atoms with E-state index in [2.05, 4.69) is 19.2 Å². The second-order valence-electron chi connectivity index (χ2n) is 6.87. The Kier molecular flexibility index (Phi) is 3.36. The molecule has 1 unspecified atom stereocenters. The Labute approximate surface area is 125 Å². The van der Waals surface area contributed by atoms with E-state index in [0.29, 0.717) is 17.7 Å². The molecule has 2 aliphatic heterocycles. The van der Waals surface area contributed by atoms with E-state index in [9.17, 15) is 9.59 Å². The highest BCUT2D eigenvalue weighted by molar-refractivity contribution is 6.21. The largest absolute Gasteiger partial charge is 0.312 e. The van der Waals surface area contributed by atoms with Gasteiger partial charge >= 0.3 is 0 Å². The van der Waals surface area contributed by atoms with Crippen molar-refractivity contribution in [1.82, 2.24) is 10.2 Å². The van der Waals surface area contributed by atoms with Crippen molar-refractivity contribution in [2.24, 2.45) is 5.41 Å². The summed E-state index contributed by atoms with van der Waals surface area (Å²) in [4.78, 5) is 26.4. The van der Waals surface area contributed by atoms with Crippen LogP contribution < -0.4 is 5.32 Å². The molecule has 0 aromatic heterocycles. The Morgan fingerprint density at radius 3 is 2.67 bits per heavy atom. The van der Waals surface area contributed by atoms with Crippen molar-refractivity contribution in [2.45, 2.75) is 39.7 Å². The number of nitrogens with zero attached hydrogens (tertiary/aromatic N) is 1. The fourth-order valence-electron chi connectivity index (χ4n) is 3.34. The minimum absolute atomic E-state index is 0.101. The number of nitrogens with one attached hydrogen (secondary N) is 1. The molecule has 0 saturated carbocycles. The van der Waals surface area contributed by atoms with E-state index in [-0.39, 0.29) is 23.3 Å². The number of piperidine rings is 1. The number of rotatable bonds is 2. The second-order valence-corrected chi connectivity index (χ2v) is 6.87. The standard InChI is InChI=1S/C17H22N2O2/c1-11-5-6-12-13(9-11)16(21)19(15(12)20)10-14-17(2,3)7-4-8-18-14/h5-6,9,14,18H,4,7-8,10H2,1-3H3. The lowest BCUT2D eigenvalue weighted by molar-refractivity contribution is 0.0579. The van der Waals surface area contributed by atoms with Crippen molar-refractivity contribution in [2.75, 3.05) is 13.1 Å². The van der Waals surface area contributed by atoms with Crippen molar-refractivity contribution >= 4 is 11.8 Å². The molecule has 1 fully saturated rings. The van der Waals surface area contributed by atoms with Crippen LogP contribution in [0.5, 0.6) is 0 Å². The molecule has 1 N–H and O–H groups in total. The fraction of sp³-hybridized carbons (Fsp3) is 0.529. The highest BCUT2D eigenvalue weighted by atomic mass is 16.2. The van der Waals surface area contributed by atoms with Gasteiger partial charge in [-0.3, -0.25) is 14.5 Å². The molecule has 0 aliphatic carbocycles. The van der Waals surface area contributed by atoms with Crippen LogP contribution in [-0.2, 0) is 0 Å². The summed E-state index contributed by atoms with van der Waals surface area (Å²) in [5.41, 5.74) is 2.20. The molecule has 2 aliphatic rings. The van der Waals surface area contributed by atoms with E-state index < -0.39 is 0 Å². The van der Waals surface area contributed by atoms with Gasteiger partial charge in [-0.15, -0.1) is 0 Å². The number of hydrogen-bond donors (Lipinski definition) is 1. The summed E-state index contributed by atoms with van der Waals surface area (Å²) < 4.78 is 0. The van der Waals surface area contributed by atoms with Gasteiger partial charge in [0.05, 0.1) is 11.1 Å². The smallest absolute Gasteiger partial charge is 0.261 e. The van der Waals surface area contributed by atoms with Gasteiger partial charge in [0.25, 0.3) is 11.8 Å². The summed E-state index contributed by atoms with van der Waals surface area (Å²) in [6, 6.07) is 5.63. The Hall–Kier alpha value is -1.68. The first kappa shape index (κ1) is 14.3. The van der Waals surface area contributed by atoms with Crippen LogP contribution in [0.3, 0.4) is 0 Å². The van der Waals surface area contributed by atoms with E-state index in [4.69, 9.17) is 0 Å². The molecule has 1 atom stereocenters. The highest BCUT2D eigenvalue weighted by Gasteiger charge is 2.40. The molecular weight excluding hydrogens is 264 g/mol. The van der Waals surface area contributed by atoms with Crippen LogP contribution in [0.4, 0.5) is 0 Å². The zero-order chi connectivity index (χ0) is 15.2. The second kappa shape index (κ2) is 4.95. The van der Waals surface area contributed by atoms with Crippen LogP contribution in [0.2, 0.25) is 0 Å². The lowest BCUT2D eigenvalue weighted by atomic mass is 9.77. The molecule has 2 heterocycles. The number of imide groups is 1. The zero-order valence-corrected chi connectivity index (χ0v) is 12.9. The van der Waals surface area contributed by atoms with E-state index in [1.54, 1.807) is 6.07 Å². The average molecular weight is 286 g/mol. The summed E-state index contributed by atoms with van der Waals surface area (Å²) in [6.45, 7) is 7.75. The molecule has 0 bridgehead atoms. The van der Waals surface area contributed by atoms with Gasteiger partial charge in [-0.1, -0.05) is 25.5 Å². The minimum Gasteiger partial charge on any atom is -0.312 e. The maximum absolute atomic E-state index is 12.5. The van der Waals surface area contributed by atoms with Crippen LogP contribution in [0, 0.1) is 12.3 Å². The summed E-state index contributed by atoms with van der Waals surface area (Å²) in [5.74, 6) is -0.306. The summed E-state index contributed by atoms with van der Waals surface area (Å²) in [7, 11) is 0. The normalized spacial score (nSPS) is 24.3. The van der Waals surface area contributed by atoms with Gasteiger partial charge in [0, 0.05) is 12.6 Å². The van der Waals surface area contributed by atoms with Gasteiger partial charge in [-0.25, -0.2) is 0 Å². The van der Waals surface area contributed by atoms with Crippen molar-refractivity contribution < 1.29 is 9.59 Å². The lowest BCUT2D eigenvalue weighted by Crippen LogP contribution is -2.53. The molecule has 112 valence electrons. The third kappa shape index (κ3) is 2.38. The fourth-order valence-corrected chi connectivity index (χ4v) is 3.34. The Balaban J connectivity index is 1.85. The Morgan fingerprint density at radius 1 is 1.24 bits per heavy atom. The van der Waals surface area contributed by atoms with Gasteiger partial charge in [0.1, 0.15) is 0 Å². The Bertz CT molecular complexity index is 607. The van der Waals surface area contributed by atoms with E-state index in [0.717, 1.165) is 24.9 Å². The van der Waals surface area contributed by atoms with E-state index in [1.807, 2.05) is 19.1 Å². The van der Waals surface area contributed by atoms with Crippen molar-refractivity contribution in [3.8, 4) is 0 Å². The van der Waals surface area contributed by atoms with Crippen molar-refractivity contribution in [1.29, 1.82) is 0 Å². The molecule has 4 heteroatoms. The predicted molar refractivity (Wildman–Crippen MR) is 81.4 cm³/mol. The third-order valence-electron chi connectivity index (χ3n) is 4.82. The van der Waals surface area contributed by atoms with Gasteiger partial charge < -0.3 is 5.32 Å². The molecule has 3 rings (SSSR count). The summed E-state index contributed by atoms with van der Waals surface area (Å²) in [5, 5.41) is 3.47. The molecule has 4 nitrogen and oxygen atoms in total. The molecular formula is C17H22N2O2. The van der Waals surface area contributed by atoms with Gasteiger partial charge in [0.2, 0.25) is 0 Å². The SMILES string of the molecule is Cc1ccc2c(c1)C(=O)N(CC1NCCCC1(C)C)C2=O. The van der Waals surface area contributed by atoms with E-state index >= 15 is 0 Å². The van der Waals surface area contributed by atoms with E-state index in [1.165, 1.54) is 4.90 Å². The Morgan fingerprint density at radius 2 is 1.95 bits per heavy atom. The zero-order valence-electron chi connectivity index (χ0n) is 12.9. The number of fused-ring (bicyclic) bond motifs is 1. The molecule has 1 aromatic rings. The van der Waals surface area contributed by atoms with Crippen LogP contribution >= 0.6 is 0 Å². The number of hydrogen-bond acceptors (Lipinski definition) is 3. The van der Waals surface area contributed by atoms with Crippen LogP contribution in [0.1, 0.15) is 53.0 Å². The number of amides is 2. The van der Waals surface area contributed by atoms with Gasteiger partial charge in [0.15, 0.2) is 0 Å². The van der Waals surface area contributed by atoms with Crippen molar-refractivity contribution in [3.05, 3.63) is 34.9 Å². The number of carbonyl (C=O) groups is 2. The molecule has 0 radical (unpaired) electrons. The first-order chi connectivity index (χ1) is 9.90. The third-order valence-corrected chi connectivity index (χ3v) is 4.82. The summed E-state index contributed by atoms with van der Waals surface area (Å²) in [6.07, 6.45) is 2.26. The van der Waals surface area contributed by atoms with Crippen LogP contribution in [0.25, 0.3) is 0 Å². The number of benzene rings is 1. The number of aryl methyl sites for hydroxylation is 1. The van der Waals surface area contributed by atoms with Gasteiger partial charge in [-0.05, 0) is 43.9 Å². The molecule has 1 saturated heterocycles. The maximum atomic E-state index is 12.5. The minimum atomic E-state index is -0.154. The van der Waals surface area contributed by atoms with Crippen LogP contribution in [0.15, 0.2) is 18.2 Å². The van der Waals surface area contributed by atoms with Crippen molar-refractivity contribution in [3.63, 3.8) is 0 Å². The molecule has 21 heavy (non-hydrogen) atoms. The van der Waals surface area contributed by atoms with Crippen LogP contribution in [-0.4, -0.2) is 35.8 Å². The summed E-state index contributed by atoms with van der Waals surface area (Å²) >= 11 is 0. The number of carbonyl (C=O) groups excluding carboxylic acids is 2. The quantitative estimate of drug-likeness (QED) is 0.849. The predicted octanol–water partition coefficient (Wildman–Crippen LogP) is 2.37. The van der Waals surface area contributed by atoms with Gasteiger partial charge in [-0.2, -0.15) is 0 Å². The average Bonchev–Trinajstić information content (AvgIpc) is 2.65. The highest BCUT2D eigenvalue weighted by Crippen LogP contribution is 2.32. The monoisotopic (exact) mass is 286 g/mol. The molecule has 1 aromatic carbocycles. The topological polar surface area (TPSA) is 49.4 Å².